The molecule has 0 aliphatic heterocycles. The Balaban J connectivity index is 1.98. The minimum Gasteiger partial charge on any atom is -0.305 e. The maximum atomic E-state index is 13.9. The Bertz CT molecular complexity index is 860. The number of benzene rings is 1. The minimum absolute atomic E-state index is 0.0277. The van der Waals surface area contributed by atoms with E-state index >= 15 is 0 Å². The van der Waals surface area contributed by atoms with Crippen LogP contribution in [0.3, 0.4) is 0 Å². The van der Waals surface area contributed by atoms with Gasteiger partial charge in [-0.3, -0.25) is 4.68 Å². The number of urea groups is 1. The van der Waals surface area contributed by atoms with E-state index in [1.807, 2.05) is 0 Å². The first-order valence-electron chi connectivity index (χ1n) is 7.46. The highest BCUT2D eigenvalue weighted by Gasteiger charge is 2.12. The molecule has 2 aromatic rings. The highest BCUT2D eigenvalue weighted by molar-refractivity contribution is 9.10. The van der Waals surface area contributed by atoms with Crippen LogP contribution in [0.1, 0.15) is 12.5 Å². The van der Waals surface area contributed by atoms with Crippen LogP contribution in [0.4, 0.5) is 20.6 Å². The van der Waals surface area contributed by atoms with Crippen LogP contribution in [0.5, 0.6) is 0 Å². The van der Waals surface area contributed by atoms with Gasteiger partial charge in [0.05, 0.1) is 29.9 Å². The third-order valence-electron chi connectivity index (χ3n) is 3.45. The molecule has 10 heteroatoms. The third kappa shape index (κ3) is 5.53. The van der Waals surface area contributed by atoms with Crippen molar-refractivity contribution in [3.8, 4) is 0 Å². The summed E-state index contributed by atoms with van der Waals surface area (Å²) in [5.74, 6) is -0.512. The molecule has 0 aliphatic rings. The third-order valence-corrected chi connectivity index (χ3v) is 5.60. The second kappa shape index (κ2) is 7.96. The Hall–Kier alpha value is -1.94. The predicted molar refractivity (Wildman–Crippen MR) is 98.0 cm³/mol. The number of hydrogen-bond donors (Lipinski definition) is 2. The summed E-state index contributed by atoms with van der Waals surface area (Å²) in [5.41, 5.74) is 1.03. The Labute approximate surface area is 153 Å². The van der Waals surface area contributed by atoms with Crippen LogP contribution in [0.25, 0.3) is 0 Å². The first kappa shape index (κ1) is 19.4. The van der Waals surface area contributed by atoms with Crippen LogP contribution in [0.2, 0.25) is 0 Å². The van der Waals surface area contributed by atoms with Crippen LogP contribution >= 0.6 is 15.9 Å². The van der Waals surface area contributed by atoms with Crippen molar-refractivity contribution >= 4 is 43.2 Å². The molecule has 2 N–H and O–H groups in total. The lowest BCUT2D eigenvalue weighted by Gasteiger charge is -2.10. The van der Waals surface area contributed by atoms with E-state index in [9.17, 15) is 17.6 Å². The van der Waals surface area contributed by atoms with Gasteiger partial charge < -0.3 is 10.6 Å². The van der Waals surface area contributed by atoms with E-state index in [0.717, 1.165) is 0 Å². The van der Waals surface area contributed by atoms with E-state index in [4.69, 9.17) is 0 Å². The van der Waals surface area contributed by atoms with Crippen LogP contribution in [0.15, 0.2) is 29.0 Å². The van der Waals surface area contributed by atoms with Gasteiger partial charge in [0.1, 0.15) is 5.82 Å². The number of rotatable bonds is 6. The second-order valence-corrected chi connectivity index (χ2v) is 8.78. The first-order chi connectivity index (χ1) is 11.7. The van der Waals surface area contributed by atoms with E-state index in [-0.39, 0.29) is 23.7 Å². The van der Waals surface area contributed by atoms with E-state index in [0.29, 0.717) is 15.7 Å². The topological polar surface area (TPSA) is 93.1 Å². The number of anilines is 2. The summed E-state index contributed by atoms with van der Waals surface area (Å²) in [6, 6.07) is 2.32. The van der Waals surface area contributed by atoms with Crippen molar-refractivity contribution in [2.75, 3.05) is 22.1 Å². The molecular weight excluding hydrogens is 415 g/mol. The number of hydrogen-bond acceptors (Lipinski definition) is 4. The van der Waals surface area contributed by atoms with E-state index in [1.54, 1.807) is 19.9 Å². The quantitative estimate of drug-likeness (QED) is 0.732. The average Bonchev–Trinajstić information content (AvgIpc) is 2.96. The number of carbonyl (C=O) groups excluding carboxylic acids is 1. The zero-order valence-corrected chi connectivity index (χ0v) is 16.1. The molecule has 1 aromatic carbocycles. The summed E-state index contributed by atoms with van der Waals surface area (Å²) in [5, 5.41) is 8.97. The molecule has 0 atom stereocenters. The van der Waals surface area contributed by atoms with Gasteiger partial charge in [-0.05, 0) is 24.6 Å². The number of aromatic nitrogens is 2. The average molecular weight is 433 g/mol. The van der Waals surface area contributed by atoms with Gasteiger partial charge in [0, 0.05) is 16.4 Å². The Morgan fingerprint density at radius 2 is 2.08 bits per heavy atom. The largest absolute Gasteiger partial charge is 0.323 e. The molecule has 2 amide bonds. The summed E-state index contributed by atoms with van der Waals surface area (Å²) < 4.78 is 38.9. The molecule has 0 unspecified atom stereocenters. The molecule has 0 radical (unpaired) electrons. The highest BCUT2D eigenvalue weighted by Crippen LogP contribution is 2.24. The number of nitrogens with zero attached hydrogens (tertiary/aromatic N) is 2. The Kier molecular flexibility index (Phi) is 6.17. The molecule has 0 bridgehead atoms. The maximum Gasteiger partial charge on any atom is 0.323 e. The van der Waals surface area contributed by atoms with Gasteiger partial charge in [-0.1, -0.05) is 22.9 Å². The second-order valence-electron chi connectivity index (χ2n) is 5.39. The van der Waals surface area contributed by atoms with E-state index < -0.39 is 21.7 Å². The molecule has 136 valence electrons. The standard InChI is InChI=1S/C15H18BrFN4O3S/c1-3-25(23,24)5-4-21-9-12(8-18-21)19-15(22)20-14-10(2)6-11(16)7-13(14)17/h6-9H,3-5H2,1-2H3,(H2,19,20,22). The van der Waals surface area contributed by atoms with Crippen molar-refractivity contribution in [1.82, 2.24) is 9.78 Å². The maximum absolute atomic E-state index is 13.9. The zero-order valence-electron chi connectivity index (χ0n) is 13.7. The molecule has 1 heterocycles. The molecule has 25 heavy (non-hydrogen) atoms. The lowest BCUT2D eigenvalue weighted by molar-refractivity contribution is 0.262. The normalized spacial score (nSPS) is 11.4. The van der Waals surface area contributed by atoms with E-state index in [2.05, 4.69) is 31.7 Å². The fourth-order valence-electron chi connectivity index (χ4n) is 2.06. The number of amides is 2. The van der Waals surface area contributed by atoms with Gasteiger partial charge in [0.2, 0.25) is 0 Å². The fourth-order valence-corrected chi connectivity index (χ4v) is 3.36. The van der Waals surface area contributed by atoms with Gasteiger partial charge in [-0.15, -0.1) is 0 Å². The van der Waals surface area contributed by atoms with Crippen LogP contribution in [-0.2, 0) is 16.4 Å². The summed E-state index contributed by atoms with van der Waals surface area (Å²) in [6.07, 6.45) is 2.90. The van der Waals surface area contributed by atoms with Crippen molar-refractivity contribution in [3.05, 3.63) is 40.4 Å². The minimum atomic E-state index is -3.09. The highest BCUT2D eigenvalue weighted by atomic mass is 79.9. The molecule has 0 fully saturated rings. The lowest BCUT2D eigenvalue weighted by atomic mass is 10.2. The monoisotopic (exact) mass is 432 g/mol. The number of carbonyl (C=O) groups is 1. The molecule has 2 rings (SSSR count). The number of halogens is 2. The Morgan fingerprint density at radius 1 is 1.36 bits per heavy atom. The van der Waals surface area contributed by atoms with Gasteiger partial charge in [0.25, 0.3) is 0 Å². The van der Waals surface area contributed by atoms with Crippen LogP contribution in [-0.4, -0.2) is 35.7 Å². The molecular formula is C15H18BrFN4O3S. The Morgan fingerprint density at radius 3 is 2.72 bits per heavy atom. The smallest absolute Gasteiger partial charge is 0.305 e. The summed E-state index contributed by atoms with van der Waals surface area (Å²) in [7, 11) is -3.09. The molecule has 1 aromatic heterocycles. The first-order valence-corrected chi connectivity index (χ1v) is 10.1. The molecule has 0 spiro atoms. The number of aryl methyl sites for hydroxylation is 2. The van der Waals surface area contributed by atoms with Gasteiger partial charge in [0.15, 0.2) is 9.84 Å². The zero-order chi connectivity index (χ0) is 18.6. The molecule has 0 aliphatic carbocycles. The molecule has 0 saturated carbocycles. The summed E-state index contributed by atoms with van der Waals surface area (Å²) >= 11 is 3.18. The van der Waals surface area contributed by atoms with Crippen LogP contribution in [0, 0.1) is 12.7 Å². The SMILES string of the molecule is CCS(=O)(=O)CCn1cc(NC(=O)Nc2c(C)cc(Br)cc2F)cn1. The lowest BCUT2D eigenvalue weighted by Crippen LogP contribution is -2.20. The van der Waals surface area contributed by atoms with Crippen molar-refractivity contribution < 1.29 is 17.6 Å². The van der Waals surface area contributed by atoms with Crippen molar-refractivity contribution in [2.24, 2.45) is 0 Å². The van der Waals surface area contributed by atoms with Gasteiger partial charge in [-0.2, -0.15) is 5.10 Å². The number of nitrogens with one attached hydrogen (secondary N) is 2. The van der Waals surface area contributed by atoms with Crippen LogP contribution < -0.4 is 10.6 Å². The van der Waals surface area contributed by atoms with Crippen molar-refractivity contribution in [3.63, 3.8) is 0 Å². The predicted octanol–water partition coefficient (Wildman–Crippen LogP) is 3.17. The molecule has 7 nitrogen and oxygen atoms in total. The molecule has 0 saturated heterocycles. The summed E-state index contributed by atoms with van der Waals surface area (Å²) in [4.78, 5) is 12.0. The van der Waals surface area contributed by atoms with Gasteiger partial charge in [-0.25, -0.2) is 17.6 Å². The van der Waals surface area contributed by atoms with Gasteiger partial charge >= 0.3 is 6.03 Å². The summed E-state index contributed by atoms with van der Waals surface area (Å²) in [6.45, 7) is 3.45. The van der Waals surface area contributed by atoms with E-state index in [1.165, 1.54) is 23.1 Å². The fraction of sp³-hybridized carbons (Fsp3) is 0.333. The van der Waals surface area contributed by atoms with Crippen molar-refractivity contribution in [1.29, 1.82) is 0 Å². The number of sulfone groups is 1. The van der Waals surface area contributed by atoms with Crippen molar-refractivity contribution in [2.45, 2.75) is 20.4 Å².